The van der Waals surface area contributed by atoms with Crippen LogP contribution in [0.3, 0.4) is 0 Å². The van der Waals surface area contributed by atoms with Gasteiger partial charge in [0.2, 0.25) is 0 Å². The highest BCUT2D eigenvalue weighted by Crippen LogP contribution is 2.35. The second-order valence-electron chi connectivity index (χ2n) is 11.8. The van der Waals surface area contributed by atoms with E-state index in [-0.39, 0.29) is 18.6 Å². The Hall–Kier alpha value is -4.48. The van der Waals surface area contributed by atoms with Gasteiger partial charge in [0.15, 0.2) is 0 Å². The van der Waals surface area contributed by atoms with Crippen LogP contribution in [0.15, 0.2) is 60.9 Å². The van der Waals surface area contributed by atoms with E-state index in [0.717, 1.165) is 71.1 Å². The molecular weight excluding hydrogens is 558 g/mol. The minimum Gasteiger partial charge on any atom is -0.453 e. The van der Waals surface area contributed by atoms with Crippen molar-refractivity contribution in [2.24, 2.45) is 0 Å². The van der Waals surface area contributed by atoms with Gasteiger partial charge in [0, 0.05) is 19.6 Å². The number of imidazole rings is 2. The summed E-state index contributed by atoms with van der Waals surface area (Å²) in [6.45, 7) is 2.18. The minimum atomic E-state index is -1.12. The molecule has 0 radical (unpaired) electrons. The molecule has 5 heterocycles. The molecule has 3 saturated heterocycles. The molecule has 3 aliphatic heterocycles. The number of amides is 2. The van der Waals surface area contributed by atoms with Crippen molar-refractivity contribution >= 4 is 12.0 Å². The summed E-state index contributed by atoms with van der Waals surface area (Å²) in [7, 11) is 1.29. The highest BCUT2D eigenvalue weighted by molar-refractivity contribution is 5.91. The van der Waals surface area contributed by atoms with Crippen molar-refractivity contribution in [3.63, 3.8) is 0 Å². The van der Waals surface area contributed by atoms with E-state index >= 15 is 0 Å². The van der Waals surface area contributed by atoms with Crippen LogP contribution < -0.4 is 10.6 Å². The Morgan fingerprint density at radius 3 is 2.14 bits per heavy atom. The maximum Gasteiger partial charge on any atom is 0.407 e. The zero-order valence-electron chi connectivity index (χ0n) is 24.8. The quantitative estimate of drug-likeness (QED) is 0.242. The summed E-state index contributed by atoms with van der Waals surface area (Å²) in [5.41, 5.74) is 5.17. The van der Waals surface area contributed by atoms with Gasteiger partial charge in [-0.2, -0.15) is 0 Å². The molecule has 0 unspecified atom stereocenters. The second kappa shape index (κ2) is 11.9. The molecule has 3 fully saturated rings. The molecule has 0 saturated carbocycles. The van der Waals surface area contributed by atoms with Crippen molar-refractivity contribution < 1.29 is 19.1 Å². The standard InChI is InChI=1S/C33H37N7O4/c1-43-32(42)39-33(14-17-44-20-33)31(41)40-16-3-5-28(40)30-36-19-27(38-30)24-12-8-22(9-13-24)21-6-10-23(11-7-21)26-18-35-29(37-26)25-4-2-15-34-25/h6-13,18-19,25,28,34H,2-5,14-17,20H2,1H3,(H,35,37)(H,36,38)(H,39,42)/t25-,28-,33-/m0/s1. The third kappa shape index (κ3) is 5.37. The summed E-state index contributed by atoms with van der Waals surface area (Å²) in [6.07, 6.45) is 7.46. The summed E-state index contributed by atoms with van der Waals surface area (Å²) in [5, 5.41) is 6.24. The molecule has 2 aromatic heterocycles. The number of benzene rings is 2. The molecule has 11 heteroatoms. The average molecular weight is 596 g/mol. The number of carbonyl (C=O) groups is 2. The lowest BCUT2D eigenvalue weighted by Gasteiger charge is -2.34. The van der Waals surface area contributed by atoms with Crippen LogP contribution in [-0.2, 0) is 14.3 Å². The van der Waals surface area contributed by atoms with E-state index in [2.05, 4.69) is 79.1 Å². The SMILES string of the molecule is COC(=O)N[C@@]1(C(=O)N2CCC[C@H]2c2ncc(-c3ccc(-c4ccc(-c5cnc([C@@H]6CCCN6)[nH]5)cc4)cc3)[nH]2)CCOC1. The highest BCUT2D eigenvalue weighted by atomic mass is 16.5. The largest absolute Gasteiger partial charge is 0.453 e. The zero-order chi connectivity index (χ0) is 30.1. The number of ether oxygens (including phenoxy) is 2. The summed E-state index contributed by atoms with van der Waals surface area (Å²) in [6, 6.07) is 17.0. The fourth-order valence-electron chi connectivity index (χ4n) is 6.62. The Morgan fingerprint density at radius 2 is 1.55 bits per heavy atom. The van der Waals surface area contributed by atoms with E-state index in [1.807, 2.05) is 17.3 Å². The predicted molar refractivity (Wildman–Crippen MR) is 164 cm³/mol. The predicted octanol–water partition coefficient (Wildman–Crippen LogP) is 4.74. The Labute approximate surface area is 255 Å². The van der Waals surface area contributed by atoms with Gasteiger partial charge in [-0.25, -0.2) is 14.8 Å². The van der Waals surface area contributed by atoms with Crippen LogP contribution in [0.1, 0.15) is 55.8 Å². The van der Waals surface area contributed by atoms with Gasteiger partial charge in [0.05, 0.1) is 49.6 Å². The van der Waals surface area contributed by atoms with Gasteiger partial charge in [-0.05, 0) is 54.5 Å². The Morgan fingerprint density at radius 1 is 0.909 bits per heavy atom. The van der Waals surface area contributed by atoms with Crippen molar-refractivity contribution in [1.82, 2.24) is 35.5 Å². The number of hydrogen-bond acceptors (Lipinski definition) is 7. The summed E-state index contributed by atoms with van der Waals surface area (Å²) >= 11 is 0. The molecule has 44 heavy (non-hydrogen) atoms. The maximum absolute atomic E-state index is 13.7. The minimum absolute atomic E-state index is 0.130. The fraction of sp³-hybridized carbons (Fsp3) is 0.394. The van der Waals surface area contributed by atoms with Gasteiger partial charge in [0.25, 0.3) is 5.91 Å². The number of aromatic amines is 2. The molecular formula is C33H37N7O4. The highest BCUT2D eigenvalue weighted by Gasteiger charge is 2.49. The Bertz CT molecular complexity index is 1620. The van der Waals surface area contributed by atoms with Crippen LogP contribution in [-0.4, -0.2) is 75.8 Å². The monoisotopic (exact) mass is 595 g/mol. The fourth-order valence-corrected chi connectivity index (χ4v) is 6.62. The van der Waals surface area contributed by atoms with Gasteiger partial charge in [-0.3, -0.25) is 4.79 Å². The number of aromatic nitrogens is 4. The van der Waals surface area contributed by atoms with E-state index in [1.165, 1.54) is 13.5 Å². The van der Waals surface area contributed by atoms with Crippen molar-refractivity contribution in [3.05, 3.63) is 72.6 Å². The number of methoxy groups -OCH3 is 1. The first-order valence-corrected chi connectivity index (χ1v) is 15.3. The number of likely N-dealkylation sites (tertiary alicyclic amines) is 1. The van der Waals surface area contributed by atoms with Gasteiger partial charge in [0.1, 0.15) is 17.2 Å². The number of nitrogens with zero attached hydrogens (tertiary/aromatic N) is 3. The molecule has 4 aromatic rings. The molecule has 0 spiro atoms. The topological polar surface area (TPSA) is 137 Å². The molecule has 0 aliphatic carbocycles. The van der Waals surface area contributed by atoms with Gasteiger partial charge in [-0.15, -0.1) is 0 Å². The number of H-pyrrole nitrogens is 2. The first-order valence-electron chi connectivity index (χ1n) is 15.3. The van der Waals surface area contributed by atoms with Gasteiger partial charge >= 0.3 is 6.09 Å². The van der Waals surface area contributed by atoms with Crippen LogP contribution in [0.25, 0.3) is 33.6 Å². The van der Waals surface area contributed by atoms with Crippen molar-refractivity contribution in [2.75, 3.05) is 33.4 Å². The lowest BCUT2D eigenvalue weighted by molar-refractivity contribution is -0.139. The van der Waals surface area contributed by atoms with E-state index in [4.69, 9.17) is 9.47 Å². The first-order chi connectivity index (χ1) is 21.5. The molecule has 2 amide bonds. The Balaban J connectivity index is 1.04. The first kappa shape index (κ1) is 28.3. The summed E-state index contributed by atoms with van der Waals surface area (Å²) in [4.78, 5) is 43.8. The molecule has 0 bridgehead atoms. The number of hydrogen-bond donors (Lipinski definition) is 4. The van der Waals surface area contributed by atoms with Crippen LogP contribution in [0, 0.1) is 0 Å². The van der Waals surface area contributed by atoms with Crippen LogP contribution in [0.5, 0.6) is 0 Å². The molecule has 228 valence electrons. The van der Waals surface area contributed by atoms with Crippen molar-refractivity contribution in [1.29, 1.82) is 0 Å². The molecule has 2 aromatic carbocycles. The second-order valence-corrected chi connectivity index (χ2v) is 11.8. The number of carbonyl (C=O) groups excluding carboxylic acids is 2. The lowest BCUT2D eigenvalue weighted by Crippen LogP contribution is -2.60. The number of nitrogens with one attached hydrogen (secondary N) is 4. The van der Waals surface area contributed by atoms with Gasteiger partial charge < -0.3 is 35.0 Å². The average Bonchev–Trinajstić information content (AvgIpc) is 3.90. The van der Waals surface area contributed by atoms with Crippen molar-refractivity contribution in [3.8, 4) is 33.6 Å². The lowest BCUT2D eigenvalue weighted by atomic mass is 9.96. The summed E-state index contributed by atoms with van der Waals surface area (Å²) < 4.78 is 10.3. The third-order valence-electron chi connectivity index (χ3n) is 9.09. The van der Waals surface area contributed by atoms with Crippen LogP contribution in [0.4, 0.5) is 4.79 Å². The normalized spacial score (nSPS) is 23.2. The van der Waals surface area contributed by atoms with E-state index < -0.39 is 11.6 Å². The van der Waals surface area contributed by atoms with Crippen LogP contribution >= 0.6 is 0 Å². The molecule has 7 rings (SSSR count). The zero-order valence-corrected chi connectivity index (χ0v) is 24.8. The molecule has 11 nitrogen and oxygen atoms in total. The Kier molecular flexibility index (Phi) is 7.65. The maximum atomic E-state index is 13.7. The third-order valence-corrected chi connectivity index (χ3v) is 9.09. The molecule has 3 aliphatic rings. The van der Waals surface area contributed by atoms with Crippen molar-refractivity contribution in [2.45, 2.75) is 49.7 Å². The van der Waals surface area contributed by atoms with E-state index in [1.54, 1.807) is 0 Å². The number of alkyl carbamates (subject to hydrolysis) is 1. The molecule has 3 atom stereocenters. The van der Waals surface area contributed by atoms with E-state index in [9.17, 15) is 9.59 Å². The smallest absolute Gasteiger partial charge is 0.407 e. The van der Waals surface area contributed by atoms with Gasteiger partial charge in [-0.1, -0.05) is 48.5 Å². The van der Waals surface area contributed by atoms with E-state index in [0.29, 0.717) is 25.6 Å². The summed E-state index contributed by atoms with van der Waals surface area (Å²) in [5.74, 6) is 1.59. The number of rotatable bonds is 7. The van der Waals surface area contributed by atoms with Crippen LogP contribution in [0.2, 0.25) is 0 Å². The molecule has 4 N–H and O–H groups in total.